The van der Waals surface area contributed by atoms with Crippen LogP contribution < -0.4 is 4.74 Å². The van der Waals surface area contributed by atoms with Crippen LogP contribution in [0.15, 0.2) is 24.3 Å². The zero-order chi connectivity index (χ0) is 12.9. The number of nitrogens with zero attached hydrogens (tertiary/aromatic N) is 1. The molecule has 3 heteroatoms. The van der Waals surface area contributed by atoms with Crippen LogP contribution in [0.1, 0.15) is 39.2 Å². The monoisotopic (exact) mass is 231 g/mol. The molecule has 1 rings (SSSR count). The van der Waals surface area contributed by atoms with Crippen molar-refractivity contribution >= 4 is 5.97 Å². The van der Waals surface area contributed by atoms with Crippen LogP contribution in [-0.4, -0.2) is 5.97 Å². The highest BCUT2D eigenvalue weighted by Crippen LogP contribution is 2.25. The summed E-state index contributed by atoms with van der Waals surface area (Å²) in [4.78, 5) is 11.4. The number of hydrogen-bond acceptors (Lipinski definition) is 3. The second kappa shape index (κ2) is 5.49. The SMILES string of the molecule is CC(C)(C)c1cccc(OC(=O)CCC#N)c1. The van der Waals surface area contributed by atoms with Crippen molar-refractivity contribution in [3.63, 3.8) is 0 Å². The molecule has 0 atom stereocenters. The van der Waals surface area contributed by atoms with E-state index in [2.05, 4.69) is 20.8 Å². The standard InChI is InChI=1S/C14H17NO2/c1-14(2,3)11-6-4-7-12(10-11)17-13(16)8-5-9-15/h4,6-7,10H,5,8H2,1-3H3. The lowest BCUT2D eigenvalue weighted by Gasteiger charge is -2.19. The van der Waals surface area contributed by atoms with E-state index in [0.29, 0.717) is 5.75 Å². The number of benzene rings is 1. The van der Waals surface area contributed by atoms with Gasteiger partial charge in [0.1, 0.15) is 5.75 Å². The fourth-order valence-corrected chi connectivity index (χ4v) is 1.37. The molecule has 0 N–H and O–H groups in total. The first-order chi connectivity index (χ1) is 7.93. The summed E-state index contributed by atoms with van der Waals surface area (Å²) in [6.07, 6.45) is 0.327. The number of esters is 1. The van der Waals surface area contributed by atoms with E-state index in [1.807, 2.05) is 24.3 Å². The van der Waals surface area contributed by atoms with Gasteiger partial charge in [-0.1, -0.05) is 32.9 Å². The van der Waals surface area contributed by atoms with E-state index in [4.69, 9.17) is 10.00 Å². The number of rotatable bonds is 3. The van der Waals surface area contributed by atoms with Crippen molar-refractivity contribution in [2.45, 2.75) is 39.0 Å². The minimum Gasteiger partial charge on any atom is -0.426 e. The third-order valence-electron chi connectivity index (χ3n) is 2.37. The van der Waals surface area contributed by atoms with Gasteiger partial charge in [-0.15, -0.1) is 0 Å². The van der Waals surface area contributed by atoms with E-state index in [-0.39, 0.29) is 24.2 Å². The van der Waals surface area contributed by atoms with Gasteiger partial charge in [0, 0.05) is 6.42 Å². The summed E-state index contributed by atoms with van der Waals surface area (Å²) >= 11 is 0. The van der Waals surface area contributed by atoms with Crippen molar-refractivity contribution < 1.29 is 9.53 Å². The summed E-state index contributed by atoms with van der Waals surface area (Å²) in [6.45, 7) is 6.30. The van der Waals surface area contributed by atoms with Crippen molar-refractivity contribution in [1.82, 2.24) is 0 Å². The molecule has 1 aromatic rings. The Labute approximate surface area is 102 Å². The van der Waals surface area contributed by atoms with E-state index < -0.39 is 0 Å². The van der Waals surface area contributed by atoms with Gasteiger partial charge in [0.25, 0.3) is 0 Å². The fourth-order valence-electron chi connectivity index (χ4n) is 1.37. The first-order valence-electron chi connectivity index (χ1n) is 5.61. The molecule has 17 heavy (non-hydrogen) atoms. The smallest absolute Gasteiger partial charge is 0.312 e. The number of hydrogen-bond donors (Lipinski definition) is 0. The van der Waals surface area contributed by atoms with Gasteiger partial charge in [0.05, 0.1) is 12.5 Å². The van der Waals surface area contributed by atoms with Gasteiger partial charge in [-0.3, -0.25) is 4.79 Å². The van der Waals surface area contributed by atoms with Gasteiger partial charge in [0.2, 0.25) is 0 Å². The summed E-state index contributed by atoms with van der Waals surface area (Å²) in [7, 11) is 0. The van der Waals surface area contributed by atoms with E-state index in [9.17, 15) is 4.79 Å². The van der Waals surface area contributed by atoms with Crippen LogP contribution in [-0.2, 0) is 10.2 Å². The first kappa shape index (κ1) is 13.2. The molecule has 0 aliphatic rings. The molecule has 0 unspecified atom stereocenters. The summed E-state index contributed by atoms with van der Waals surface area (Å²) in [6, 6.07) is 9.41. The van der Waals surface area contributed by atoms with E-state index in [0.717, 1.165) is 5.56 Å². The van der Waals surface area contributed by atoms with Crippen LogP contribution in [0.25, 0.3) is 0 Å². The van der Waals surface area contributed by atoms with Crippen LogP contribution in [0.2, 0.25) is 0 Å². The largest absolute Gasteiger partial charge is 0.426 e. The zero-order valence-corrected chi connectivity index (χ0v) is 10.5. The predicted molar refractivity (Wildman–Crippen MR) is 65.6 cm³/mol. The van der Waals surface area contributed by atoms with Crippen molar-refractivity contribution in [2.24, 2.45) is 0 Å². The summed E-state index contributed by atoms with van der Waals surface area (Å²) in [5.74, 6) is 0.179. The molecule has 0 bridgehead atoms. The minimum absolute atomic E-state index is 0.0229. The molecular weight excluding hydrogens is 214 g/mol. The van der Waals surface area contributed by atoms with Crippen LogP contribution in [0, 0.1) is 11.3 Å². The molecule has 0 aromatic heterocycles. The lowest BCUT2D eigenvalue weighted by atomic mass is 9.87. The van der Waals surface area contributed by atoms with Gasteiger partial charge in [-0.25, -0.2) is 0 Å². The molecule has 0 saturated heterocycles. The van der Waals surface area contributed by atoms with Crippen LogP contribution in [0.3, 0.4) is 0 Å². The van der Waals surface area contributed by atoms with Gasteiger partial charge in [-0.2, -0.15) is 5.26 Å². The summed E-state index contributed by atoms with van der Waals surface area (Å²) < 4.78 is 5.16. The van der Waals surface area contributed by atoms with Crippen molar-refractivity contribution in [3.05, 3.63) is 29.8 Å². The molecule has 0 aliphatic heterocycles. The normalized spacial score (nSPS) is 10.7. The Balaban J connectivity index is 2.73. The maximum absolute atomic E-state index is 11.4. The lowest BCUT2D eigenvalue weighted by Crippen LogP contribution is -2.12. The van der Waals surface area contributed by atoms with Crippen molar-refractivity contribution in [2.75, 3.05) is 0 Å². The lowest BCUT2D eigenvalue weighted by molar-refractivity contribution is -0.134. The number of ether oxygens (including phenoxy) is 1. The summed E-state index contributed by atoms with van der Waals surface area (Å²) in [5.41, 5.74) is 1.14. The van der Waals surface area contributed by atoms with Crippen LogP contribution in [0.4, 0.5) is 0 Å². The fraction of sp³-hybridized carbons (Fsp3) is 0.429. The van der Waals surface area contributed by atoms with Crippen LogP contribution in [0.5, 0.6) is 5.75 Å². The second-order valence-corrected chi connectivity index (χ2v) is 4.91. The molecular formula is C14H17NO2. The van der Waals surface area contributed by atoms with E-state index in [1.165, 1.54) is 0 Å². The average Bonchev–Trinajstić information content (AvgIpc) is 2.25. The van der Waals surface area contributed by atoms with Crippen molar-refractivity contribution in [3.8, 4) is 11.8 Å². The first-order valence-corrected chi connectivity index (χ1v) is 5.61. The highest BCUT2D eigenvalue weighted by molar-refractivity contribution is 5.72. The Bertz CT molecular complexity index is 438. The maximum atomic E-state index is 11.4. The van der Waals surface area contributed by atoms with Gasteiger partial charge in [0.15, 0.2) is 0 Å². The molecule has 0 radical (unpaired) electrons. The highest BCUT2D eigenvalue weighted by atomic mass is 16.5. The molecule has 0 spiro atoms. The Morgan fingerprint density at radius 2 is 2.12 bits per heavy atom. The third-order valence-corrected chi connectivity index (χ3v) is 2.37. The minimum atomic E-state index is -0.363. The van der Waals surface area contributed by atoms with E-state index in [1.54, 1.807) is 6.07 Å². The van der Waals surface area contributed by atoms with Gasteiger partial charge >= 0.3 is 5.97 Å². The quantitative estimate of drug-likeness (QED) is 0.593. The molecule has 0 aliphatic carbocycles. The Morgan fingerprint density at radius 3 is 2.71 bits per heavy atom. The Kier molecular flexibility index (Phi) is 4.28. The molecule has 3 nitrogen and oxygen atoms in total. The molecule has 0 fully saturated rings. The second-order valence-electron chi connectivity index (χ2n) is 4.91. The van der Waals surface area contributed by atoms with Crippen LogP contribution >= 0.6 is 0 Å². The molecule has 0 saturated carbocycles. The molecule has 0 heterocycles. The molecule has 90 valence electrons. The Morgan fingerprint density at radius 1 is 1.41 bits per heavy atom. The zero-order valence-electron chi connectivity index (χ0n) is 10.5. The van der Waals surface area contributed by atoms with Crippen molar-refractivity contribution in [1.29, 1.82) is 5.26 Å². The molecule has 0 amide bonds. The topological polar surface area (TPSA) is 50.1 Å². The van der Waals surface area contributed by atoms with Gasteiger partial charge < -0.3 is 4.74 Å². The predicted octanol–water partition coefficient (Wildman–Crippen LogP) is 3.19. The van der Waals surface area contributed by atoms with E-state index >= 15 is 0 Å². The number of nitriles is 1. The molecule has 1 aromatic carbocycles. The third kappa shape index (κ3) is 4.28. The highest BCUT2D eigenvalue weighted by Gasteiger charge is 2.14. The average molecular weight is 231 g/mol. The number of carbonyl (C=O) groups is 1. The maximum Gasteiger partial charge on any atom is 0.312 e. The summed E-state index contributed by atoms with van der Waals surface area (Å²) in [5, 5.41) is 8.37. The van der Waals surface area contributed by atoms with Gasteiger partial charge in [-0.05, 0) is 23.1 Å². The Hall–Kier alpha value is -1.82. The number of carbonyl (C=O) groups excluding carboxylic acids is 1.